The van der Waals surface area contributed by atoms with E-state index in [9.17, 15) is 9.59 Å². The van der Waals surface area contributed by atoms with Crippen molar-refractivity contribution < 1.29 is 28.3 Å². The number of nitrogens with zero attached hydrogens (tertiary/aromatic N) is 1. The van der Waals surface area contributed by atoms with Gasteiger partial charge in [0.1, 0.15) is 11.6 Å². The maximum atomic E-state index is 11.9. The first kappa shape index (κ1) is 9.70. The predicted octanol–water partition coefficient (Wildman–Crippen LogP) is 1.10. The molecule has 1 saturated heterocycles. The predicted molar refractivity (Wildman–Crippen MR) is 59.8 cm³/mol. The molecule has 2 atom stereocenters. The van der Waals surface area contributed by atoms with Crippen molar-refractivity contribution in [2.75, 3.05) is 13.6 Å². The summed E-state index contributed by atoms with van der Waals surface area (Å²) in [4.78, 5) is 24.1. The van der Waals surface area contributed by atoms with Crippen molar-refractivity contribution in [3.8, 4) is 0 Å². The topological polar surface area (TPSA) is 76.1 Å². The third kappa shape index (κ3) is 3.59. The molecule has 0 unspecified atom stereocenters. The van der Waals surface area contributed by atoms with Crippen molar-refractivity contribution >= 4 is 12.1 Å². The molecule has 0 saturated carbocycles. The molecule has 0 aromatic heterocycles. The van der Waals surface area contributed by atoms with Crippen LogP contribution in [0.3, 0.4) is 0 Å². The number of hydrogen-bond acceptors (Lipinski definition) is 4. The molecule has 1 amide bonds. The summed E-state index contributed by atoms with van der Waals surface area (Å²) in [7, 11) is -2.63. The number of hydrogen-bond donors (Lipinski definition) is 1. The average Bonchev–Trinajstić information content (AvgIpc) is 2.56. The Balaban J connectivity index is 2.78. The lowest BCUT2D eigenvalue weighted by Crippen LogP contribution is -2.43. The van der Waals surface area contributed by atoms with Crippen molar-refractivity contribution in [2.24, 2.45) is 0 Å². The van der Waals surface area contributed by atoms with Gasteiger partial charge in [-0.25, -0.2) is 9.59 Å². The van der Waals surface area contributed by atoms with E-state index in [1.165, 1.54) is 0 Å². The molecule has 6 nitrogen and oxygen atoms in total. The zero-order chi connectivity index (χ0) is 15.7. The quantitative estimate of drug-likeness (QED) is 0.791. The van der Waals surface area contributed by atoms with Crippen LogP contribution in [0.5, 0.6) is 0 Å². The smallest absolute Gasteiger partial charge is 0.411 e. The van der Waals surface area contributed by atoms with Crippen molar-refractivity contribution in [2.45, 2.75) is 44.9 Å². The molecule has 17 heavy (non-hydrogen) atoms. The Bertz CT molecular complexity index is 391. The molecule has 0 aromatic rings. The summed E-state index contributed by atoms with van der Waals surface area (Å²) >= 11 is 0. The summed E-state index contributed by atoms with van der Waals surface area (Å²) in [6.07, 6.45) is -1.72. The molecule has 0 radical (unpaired) electrons. The number of rotatable bonds is 2. The summed E-state index contributed by atoms with van der Waals surface area (Å²) in [5, 5.41) is 9.10. The van der Waals surface area contributed by atoms with Crippen LogP contribution in [-0.2, 0) is 14.3 Å². The van der Waals surface area contributed by atoms with Gasteiger partial charge in [0.25, 0.3) is 0 Å². The third-order valence-electron chi connectivity index (χ3n) is 2.34. The molecule has 6 heteroatoms. The lowest BCUT2D eigenvalue weighted by Gasteiger charge is -2.26. The number of ether oxygens (including phenoxy) is 2. The second-order valence-electron chi connectivity index (χ2n) is 4.96. The van der Waals surface area contributed by atoms with Crippen LogP contribution >= 0.6 is 0 Å². The number of carbonyl (C=O) groups is 2. The summed E-state index contributed by atoms with van der Waals surface area (Å²) in [5.74, 6) is -1.22. The minimum atomic E-state index is -2.63. The van der Waals surface area contributed by atoms with Gasteiger partial charge in [-0.3, -0.25) is 4.90 Å². The van der Waals surface area contributed by atoms with E-state index >= 15 is 0 Å². The first-order valence-corrected chi connectivity index (χ1v) is 5.29. The molecule has 98 valence electrons. The van der Waals surface area contributed by atoms with Crippen LogP contribution in [-0.4, -0.2) is 53.4 Å². The zero-order valence-electron chi connectivity index (χ0n) is 13.1. The van der Waals surface area contributed by atoms with Crippen molar-refractivity contribution in [3.63, 3.8) is 0 Å². The van der Waals surface area contributed by atoms with Gasteiger partial charge in [-0.1, -0.05) is 0 Å². The molecule has 1 fully saturated rings. The van der Waals surface area contributed by atoms with Crippen LogP contribution in [0.25, 0.3) is 0 Å². The second kappa shape index (κ2) is 4.91. The van der Waals surface area contributed by atoms with Crippen molar-refractivity contribution in [1.82, 2.24) is 4.90 Å². The van der Waals surface area contributed by atoms with Crippen molar-refractivity contribution in [1.29, 1.82) is 0 Å². The van der Waals surface area contributed by atoms with Gasteiger partial charge in [-0.15, -0.1) is 0 Å². The lowest BCUT2D eigenvalue weighted by atomic mass is 10.2. The van der Waals surface area contributed by atoms with Gasteiger partial charge in [-0.05, 0) is 20.8 Å². The standard InChI is InChI=1S/C11H19NO5/c1-11(2,3)17-10(15)12-6-7(16-4)5-8(12)9(13)14/h7-8H,5-6H2,1-4H3,(H,13,14)/t7-,8-/m0/s1/i4D3. The molecule has 0 aliphatic carbocycles. The number of likely N-dealkylation sites (tertiary alicyclic amines) is 1. The monoisotopic (exact) mass is 248 g/mol. The van der Waals surface area contributed by atoms with Gasteiger partial charge < -0.3 is 14.6 Å². The molecule has 1 aliphatic rings. The summed E-state index contributed by atoms with van der Waals surface area (Å²) in [6, 6.07) is -1.14. The van der Waals surface area contributed by atoms with E-state index in [1.807, 2.05) is 0 Å². The summed E-state index contributed by atoms with van der Waals surface area (Å²) in [5.41, 5.74) is -0.761. The Morgan fingerprint density at radius 3 is 2.59 bits per heavy atom. The largest absolute Gasteiger partial charge is 0.480 e. The van der Waals surface area contributed by atoms with E-state index in [4.69, 9.17) is 18.7 Å². The molecule has 1 N–H and O–H groups in total. The normalized spacial score (nSPS) is 28.2. The number of amides is 1. The number of aliphatic carboxylic acids is 1. The van der Waals surface area contributed by atoms with Gasteiger partial charge in [0, 0.05) is 13.5 Å². The minimum Gasteiger partial charge on any atom is -0.480 e. The first-order chi connectivity index (χ1) is 8.89. The highest BCUT2D eigenvalue weighted by Gasteiger charge is 2.41. The average molecular weight is 248 g/mol. The Labute approximate surface area is 105 Å². The fraction of sp³-hybridized carbons (Fsp3) is 0.818. The highest BCUT2D eigenvalue weighted by atomic mass is 16.6. The minimum absolute atomic E-state index is 0.0764. The Morgan fingerprint density at radius 2 is 2.12 bits per heavy atom. The molecule has 0 aromatic carbocycles. The molecule has 0 bridgehead atoms. The van der Waals surface area contributed by atoms with Gasteiger partial charge in [0.15, 0.2) is 0 Å². The zero-order valence-corrected chi connectivity index (χ0v) is 10.1. The van der Waals surface area contributed by atoms with Gasteiger partial charge in [-0.2, -0.15) is 0 Å². The number of methoxy groups -OCH3 is 1. The van der Waals surface area contributed by atoms with E-state index in [0.29, 0.717) is 0 Å². The fourth-order valence-electron chi connectivity index (χ4n) is 1.64. The number of carboxylic acids is 1. The van der Waals surface area contributed by atoms with E-state index in [2.05, 4.69) is 0 Å². The van der Waals surface area contributed by atoms with Crippen LogP contribution in [0.2, 0.25) is 0 Å². The Morgan fingerprint density at radius 1 is 1.47 bits per heavy atom. The molecule has 1 aliphatic heterocycles. The Hall–Kier alpha value is -1.30. The summed E-state index contributed by atoms with van der Waals surface area (Å²) < 4.78 is 30.9. The van der Waals surface area contributed by atoms with Gasteiger partial charge in [0.2, 0.25) is 0 Å². The van der Waals surface area contributed by atoms with Crippen LogP contribution in [0, 0.1) is 0 Å². The van der Waals surface area contributed by atoms with Crippen LogP contribution < -0.4 is 0 Å². The third-order valence-corrected chi connectivity index (χ3v) is 2.34. The highest BCUT2D eigenvalue weighted by molar-refractivity contribution is 5.81. The van der Waals surface area contributed by atoms with E-state index in [-0.39, 0.29) is 13.0 Å². The van der Waals surface area contributed by atoms with E-state index < -0.39 is 36.8 Å². The fourth-order valence-corrected chi connectivity index (χ4v) is 1.64. The van der Waals surface area contributed by atoms with Gasteiger partial charge >= 0.3 is 12.1 Å². The number of carboxylic acid groups (broad SMARTS) is 1. The maximum absolute atomic E-state index is 11.9. The number of carbonyl (C=O) groups excluding carboxylic acids is 1. The first-order valence-electron chi connectivity index (χ1n) is 6.79. The molecular weight excluding hydrogens is 226 g/mol. The Kier molecular flexibility index (Phi) is 2.80. The van der Waals surface area contributed by atoms with E-state index in [0.717, 1.165) is 4.90 Å². The van der Waals surface area contributed by atoms with Crippen LogP contribution in [0.4, 0.5) is 4.79 Å². The highest BCUT2D eigenvalue weighted by Crippen LogP contribution is 2.22. The van der Waals surface area contributed by atoms with Crippen molar-refractivity contribution in [3.05, 3.63) is 0 Å². The van der Waals surface area contributed by atoms with Crippen LogP contribution in [0.1, 0.15) is 31.3 Å². The molecule has 1 rings (SSSR count). The molecular formula is C11H19NO5. The second-order valence-corrected chi connectivity index (χ2v) is 4.96. The molecule has 1 heterocycles. The van der Waals surface area contributed by atoms with Crippen LogP contribution in [0.15, 0.2) is 0 Å². The maximum Gasteiger partial charge on any atom is 0.411 e. The summed E-state index contributed by atoms with van der Waals surface area (Å²) in [6.45, 7) is 4.86. The lowest BCUT2D eigenvalue weighted by molar-refractivity contribution is -0.142. The molecule has 0 spiro atoms. The SMILES string of the molecule is [2H]C([2H])([2H])O[C@H]1C[C@@H](C(=O)O)N(C(=O)OC(C)(C)C)C1. The van der Waals surface area contributed by atoms with Gasteiger partial charge in [0.05, 0.1) is 16.8 Å². The van der Waals surface area contributed by atoms with E-state index in [1.54, 1.807) is 20.8 Å².